The Balaban J connectivity index is 1.70. The summed E-state index contributed by atoms with van der Waals surface area (Å²) in [6.45, 7) is 8.44. The van der Waals surface area contributed by atoms with Crippen molar-refractivity contribution in [2.75, 3.05) is 13.1 Å². The highest BCUT2D eigenvalue weighted by molar-refractivity contribution is 7.10. The zero-order valence-corrected chi connectivity index (χ0v) is 19.2. The van der Waals surface area contributed by atoms with Crippen LogP contribution in [-0.2, 0) is 14.3 Å². The number of nitrogens with zero attached hydrogens (tertiary/aromatic N) is 2. The number of carbonyl (C=O) groups is 3. The zero-order chi connectivity index (χ0) is 21.9. The van der Waals surface area contributed by atoms with Gasteiger partial charge < -0.3 is 19.9 Å². The van der Waals surface area contributed by atoms with Gasteiger partial charge in [-0.15, -0.1) is 11.3 Å². The first-order chi connectivity index (χ1) is 14.2. The van der Waals surface area contributed by atoms with E-state index in [1.54, 1.807) is 0 Å². The predicted octanol–water partition coefficient (Wildman–Crippen LogP) is 3.71. The van der Waals surface area contributed by atoms with Gasteiger partial charge in [0.1, 0.15) is 5.60 Å². The van der Waals surface area contributed by atoms with Crippen LogP contribution in [0.1, 0.15) is 70.7 Å². The monoisotopic (exact) mass is 435 g/mol. The SMILES string of the molecule is CC(=O)N[C@H](CC(=O)N1CCC[C@@H]1[C@@H]1CCCN1C(=O)OC(C)(C)C)c1cccs1. The standard InChI is InChI=1S/C22H33N3O4S/c1-15(26)23-16(19-10-7-13-30-19)14-20(27)24-11-5-8-17(24)18-9-6-12-25(18)21(28)29-22(2,3)4/h7,10,13,16-18H,5-6,8-9,11-12,14H2,1-4H3,(H,23,26)/t16-,17-,18+/m1/s1. The molecule has 0 unspecified atom stereocenters. The highest BCUT2D eigenvalue weighted by atomic mass is 32.1. The molecule has 2 saturated heterocycles. The fourth-order valence-corrected chi connectivity index (χ4v) is 5.27. The van der Waals surface area contributed by atoms with Gasteiger partial charge in [-0.25, -0.2) is 4.79 Å². The van der Waals surface area contributed by atoms with Gasteiger partial charge in [0.15, 0.2) is 0 Å². The van der Waals surface area contributed by atoms with Gasteiger partial charge in [-0.2, -0.15) is 0 Å². The number of carbonyl (C=O) groups excluding carboxylic acids is 3. The number of hydrogen-bond donors (Lipinski definition) is 1. The first-order valence-corrected chi connectivity index (χ1v) is 11.6. The molecule has 0 aliphatic carbocycles. The van der Waals surface area contributed by atoms with Gasteiger partial charge in [0.25, 0.3) is 0 Å². The molecule has 166 valence electrons. The maximum absolute atomic E-state index is 13.2. The lowest BCUT2D eigenvalue weighted by atomic mass is 10.0. The molecule has 3 heterocycles. The van der Waals surface area contributed by atoms with Crippen molar-refractivity contribution in [3.63, 3.8) is 0 Å². The van der Waals surface area contributed by atoms with Crippen molar-refractivity contribution in [2.45, 2.75) is 83.5 Å². The molecule has 8 heteroatoms. The Morgan fingerprint density at radius 2 is 1.80 bits per heavy atom. The third kappa shape index (κ3) is 5.53. The molecular formula is C22H33N3O4S. The van der Waals surface area contributed by atoms with Crippen LogP contribution in [0, 0.1) is 0 Å². The van der Waals surface area contributed by atoms with E-state index in [9.17, 15) is 14.4 Å². The molecule has 0 spiro atoms. The highest BCUT2D eigenvalue weighted by Gasteiger charge is 2.43. The van der Waals surface area contributed by atoms with Crippen LogP contribution in [-0.4, -0.2) is 58.5 Å². The summed E-state index contributed by atoms with van der Waals surface area (Å²) in [7, 11) is 0. The van der Waals surface area contributed by atoms with Gasteiger partial charge >= 0.3 is 6.09 Å². The molecule has 1 aromatic heterocycles. The number of nitrogens with one attached hydrogen (secondary N) is 1. The van der Waals surface area contributed by atoms with Gasteiger partial charge in [-0.05, 0) is 57.9 Å². The Labute approximate surface area is 182 Å². The van der Waals surface area contributed by atoms with Crippen LogP contribution in [0.4, 0.5) is 4.79 Å². The van der Waals surface area contributed by atoms with Crippen LogP contribution in [0.5, 0.6) is 0 Å². The lowest BCUT2D eigenvalue weighted by Crippen LogP contribution is -2.51. The molecule has 3 amide bonds. The number of likely N-dealkylation sites (tertiary alicyclic amines) is 2. The van der Waals surface area contributed by atoms with Crippen LogP contribution in [0.3, 0.4) is 0 Å². The average Bonchev–Trinajstić information content (AvgIpc) is 3.38. The molecule has 2 aliphatic rings. The van der Waals surface area contributed by atoms with Gasteiger partial charge in [-0.3, -0.25) is 9.59 Å². The van der Waals surface area contributed by atoms with E-state index in [-0.39, 0.29) is 42.5 Å². The Kier molecular flexibility index (Phi) is 7.06. The number of amides is 3. The molecule has 0 saturated carbocycles. The minimum Gasteiger partial charge on any atom is -0.444 e. The fourth-order valence-electron chi connectivity index (χ4n) is 4.49. The smallest absolute Gasteiger partial charge is 0.410 e. The van der Waals surface area contributed by atoms with Crippen LogP contribution in [0.15, 0.2) is 17.5 Å². The van der Waals surface area contributed by atoms with E-state index in [0.717, 1.165) is 30.6 Å². The van der Waals surface area contributed by atoms with Crippen LogP contribution in [0.2, 0.25) is 0 Å². The summed E-state index contributed by atoms with van der Waals surface area (Å²) >= 11 is 1.54. The third-order valence-corrected chi connectivity index (χ3v) is 6.62. The summed E-state index contributed by atoms with van der Waals surface area (Å²) in [5.74, 6) is -0.119. The van der Waals surface area contributed by atoms with Crippen molar-refractivity contribution in [1.82, 2.24) is 15.1 Å². The lowest BCUT2D eigenvalue weighted by Gasteiger charge is -2.36. The van der Waals surface area contributed by atoms with E-state index >= 15 is 0 Å². The summed E-state index contributed by atoms with van der Waals surface area (Å²) in [4.78, 5) is 42.3. The van der Waals surface area contributed by atoms with Gasteiger partial charge in [0, 0.05) is 24.9 Å². The number of ether oxygens (including phenoxy) is 1. The van der Waals surface area contributed by atoms with E-state index in [1.165, 1.54) is 18.3 Å². The van der Waals surface area contributed by atoms with Crippen molar-refractivity contribution in [2.24, 2.45) is 0 Å². The average molecular weight is 436 g/mol. The highest BCUT2D eigenvalue weighted by Crippen LogP contribution is 2.33. The third-order valence-electron chi connectivity index (χ3n) is 5.63. The molecule has 0 bridgehead atoms. The normalized spacial score (nSPS) is 22.8. The van der Waals surface area contributed by atoms with Crippen molar-refractivity contribution in [1.29, 1.82) is 0 Å². The minimum atomic E-state index is -0.540. The number of thiophene rings is 1. The summed E-state index contributed by atoms with van der Waals surface area (Å²) in [5, 5.41) is 4.86. The molecule has 3 rings (SSSR count). The Hall–Kier alpha value is -2.09. The molecule has 7 nitrogen and oxygen atoms in total. The van der Waals surface area contributed by atoms with E-state index in [0.29, 0.717) is 13.1 Å². The lowest BCUT2D eigenvalue weighted by molar-refractivity contribution is -0.133. The summed E-state index contributed by atoms with van der Waals surface area (Å²) in [6, 6.07) is 3.55. The molecule has 0 radical (unpaired) electrons. The predicted molar refractivity (Wildman–Crippen MR) is 116 cm³/mol. The molecular weight excluding hydrogens is 402 g/mol. The topological polar surface area (TPSA) is 79.0 Å². The molecule has 2 aliphatic heterocycles. The Morgan fingerprint density at radius 1 is 1.17 bits per heavy atom. The largest absolute Gasteiger partial charge is 0.444 e. The minimum absolute atomic E-state index is 0.00717. The van der Waals surface area contributed by atoms with Crippen molar-refractivity contribution >= 4 is 29.2 Å². The molecule has 0 aromatic carbocycles. The van der Waals surface area contributed by atoms with Crippen LogP contribution >= 0.6 is 11.3 Å². The quantitative estimate of drug-likeness (QED) is 0.765. The maximum Gasteiger partial charge on any atom is 0.410 e. The summed E-state index contributed by atoms with van der Waals surface area (Å²) < 4.78 is 5.60. The molecule has 1 aromatic rings. The second-order valence-corrected chi connectivity index (χ2v) is 10.1. The molecule has 1 N–H and O–H groups in total. The first-order valence-electron chi connectivity index (χ1n) is 10.8. The summed E-state index contributed by atoms with van der Waals surface area (Å²) in [6.07, 6.45) is 3.56. The maximum atomic E-state index is 13.2. The van der Waals surface area contributed by atoms with E-state index in [2.05, 4.69) is 5.32 Å². The van der Waals surface area contributed by atoms with Gasteiger partial charge in [-0.1, -0.05) is 6.07 Å². The number of hydrogen-bond acceptors (Lipinski definition) is 5. The number of rotatable bonds is 5. The van der Waals surface area contributed by atoms with Crippen molar-refractivity contribution < 1.29 is 19.1 Å². The van der Waals surface area contributed by atoms with E-state index in [1.807, 2.05) is 48.1 Å². The molecule has 30 heavy (non-hydrogen) atoms. The van der Waals surface area contributed by atoms with E-state index in [4.69, 9.17) is 4.74 Å². The fraction of sp³-hybridized carbons (Fsp3) is 0.682. The van der Waals surface area contributed by atoms with E-state index < -0.39 is 5.60 Å². The van der Waals surface area contributed by atoms with Crippen LogP contribution in [0.25, 0.3) is 0 Å². The summed E-state index contributed by atoms with van der Waals surface area (Å²) in [5.41, 5.74) is -0.540. The first kappa shape index (κ1) is 22.6. The second-order valence-electron chi connectivity index (χ2n) is 9.15. The molecule has 3 atom stereocenters. The Bertz CT molecular complexity index is 759. The Morgan fingerprint density at radius 3 is 2.37 bits per heavy atom. The zero-order valence-electron chi connectivity index (χ0n) is 18.3. The van der Waals surface area contributed by atoms with Crippen LogP contribution < -0.4 is 5.32 Å². The second kappa shape index (κ2) is 9.37. The molecule has 2 fully saturated rings. The van der Waals surface area contributed by atoms with Crippen molar-refractivity contribution in [3.8, 4) is 0 Å². The van der Waals surface area contributed by atoms with Gasteiger partial charge in [0.05, 0.1) is 24.5 Å². The van der Waals surface area contributed by atoms with Gasteiger partial charge in [0.2, 0.25) is 11.8 Å². The van der Waals surface area contributed by atoms with Crippen molar-refractivity contribution in [3.05, 3.63) is 22.4 Å².